The lowest BCUT2D eigenvalue weighted by atomic mass is 9.96. The van der Waals surface area contributed by atoms with Gasteiger partial charge >= 0.3 is 0 Å². The van der Waals surface area contributed by atoms with Gasteiger partial charge in [-0.05, 0) is 39.2 Å². The van der Waals surface area contributed by atoms with E-state index in [2.05, 4.69) is 23.3 Å². The standard InChI is InChI=1S/C15H20N6/c1-3-7-20-15(2,11-18)6-4-5-8-21-12-19-13(9-16)14(21)10-17/h12,20H,3-8H2,1-2H3. The molecule has 0 saturated heterocycles. The second-order valence-corrected chi connectivity index (χ2v) is 5.19. The van der Waals surface area contributed by atoms with E-state index in [1.807, 2.05) is 19.1 Å². The normalized spacial score (nSPS) is 12.9. The minimum absolute atomic E-state index is 0.170. The van der Waals surface area contributed by atoms with E-state index in [4.69, 9.17) is 10.5 Å². The molecule has 1 heterocycles. The second kappa shape index (κ2) is 8.04. The molecule has 1 rings (SSSR count). The zero-order valence-electron chi connectivity index (χ0n) is 12.6. The van der Waals surface area contributed by atoms with Gasteiger partial charge < -0.3 is 4.57 Å². The molecule has 0 aliphatic rings. The summed E-state index contributed by atoms with van der Waals surface area (Å²) in [6, 6.07) is 6.23. The molecule has 0 fully saturated rings. The smallest absolute Gasteiger partial charge is 0.176 e. The minimum Gasteiger partial charge on any atom is -0.321 e. The number of nitrogens with one attached hydrogen (secondary N) is 1. The Morgan fingerprint density at radius 2 is 2.05 bits per heavy atom. The first-order valence-corrected chi connectivity index (χ1v) is 7.11. The van der Waals surface area contributed by atoms with Gasteiger partial charge in [0.05, 0.1) is 12.4 Å². The Balaban J connectivity index is 2.48. The molecule has 0 bridgehead atoms. The van der Waals surface area contributed by atoms with Crippen LogP contribution < -0.4 is 5.32 Å². The van der Waals surface area contributed by atoms with Gasteiger partial charge in [0, 0.05) is 6.54 Å². The molecule has 110 valence electrons. The third-order valence-electron chi connectivity index (χ3n) is 3.39. The highest BCUT2D eigenvalue weighted by Gasteiger charge is 2.21. The molecule has 1 N–H and O–H groups in total. The Kier molecular flexibility index (Phi) is 6.40. The molecular weight excluding hydrogens is 264 g/mol. The SMILES string of the molecule is CCCNC(C)(C#N)CCCCn1cnc(C#N)c1C#N. The van der Waals surface area contributed by atoms with Crippen molar-refractivity contribution in [2.24, 2.45) is 0 Å². The van der Waals surface area contributed by atoms with Crippen molar-refractivity contribution in [3.8, 4) is 18.2 Å². The van der Waals surface area contributed by atoms with E-state index in [-0.39, 0.29) is 5.69 Å². The molecule has 0 radical (unpaired) electrons. The van der Waals surface area contributed by atoms with Crippen LogP contribution >= 0.6 is 0 Å². The van der Waals surface area contributed by atoms with Crippen LogP contribution in [-0.4, -0.2) is 21.6 Å². The maximum atomic E-state index is 9.24. The van der Waals surface area contributed by atoms with E-state index < -0.39 is 5.54 Å². The summed E-state index contributed by atoms with van der Waals surface area (Å²) in [7, 11) is 0. The average Bonchev–Trinajstić information content (AvgIpc) is 2.91. The number of aryl methyl sites for hydroxylation is 1. The van der Waals surface area contributed by atoms with Gasteiger partial charge in [0.15, 0.2) is 11.4 Å². The molecule has 0 spiro atoms. The van der Waals surface area contributed by atoms with Crippen molar-refractivity contribution in [2.45, 2.75) is 51.6 Å². The van der Waals surface area contributed by atoms with E-state index in [0.29, 0.717) is 12.2 Å². The maximum absolute atomic E-state index is 9.24. The third-order valence-corrected chi connectivity index (χ3v) is 3.39. The fourth-order valence-corrected chi connectivity index (χ4v) is 2.10. The highest BCUT2D eigenvalue weighted by molar-refractivity contribution is 5.35. The summed E-state index contributed by atoms with van der Waals surface area (Å²) >= 11 is 0. The van der Waals surface area contributed by atoms with Gasteiger partial charge in [-0.25, -0.2) is 4.98 Å². The van der Waals surface area contributed by atoms with E-state index in [9.17, 15) is 5.26 Å². The van der Waals surface area contributed by atoms with Crippen LogP contribution in [0.5, 0.6) is 0 Å². The van der Waals surface area contributed by atoms with E-state index >= 15 is 0 Å². The van der Waals surface area contributed by atoms with Crippen LogP contribution in [-0.2, 0) is 6.54 Å². The highest BCUT2D eigenvalue weighted by atomic mass is 15.1. The van der Waals surface area contributed by atoms with Gasteiger partial charge in [0.1, 0.15) is 17.7 Å². The lowest BCUT2D eigenvalue weighted by Crippen LogP contribution is -2.41. The van der Waals surface area contributed by atoms with E-state index in [0.717, 1.165) is 32.2 Å². The highest BCUT2D eigenvalue weighted by Crippen LogP contribution is 2.14. The number of aromatic nitrogens is 2. The molecule has 0 aromatic carbocycles. The Labute approximate surface area is 125 Å². The molecule has 1 aromatic heterocycles. The van der Waals surface area contributed by atoms with Crippen LogP contribution in [0.25, 0.3) is 0 Å². The number of imidazole rings is 1. The molecule has 1 atom stereocenters. The zero-order valence-corrected chi connectivity index (χ0v) is 12.6. The van der Waals surface area contributed by atoms with Gasteiger partial charge in [0.25, 0.3) is 0 Å². The molecule has 0 aliphatic heterocycles. The molecule has 1 unspecified atom stereocenters. The number of hydrogen-bond donors (Lipinski definition) is 1. The maximum Gasteiger partial charge on any atom is 0.176 e. The monoisotopic (exact) mass is 284 g/mol. The van der Waals surface area contributed by atoms with Crippen molar-refractivity contribution >= 4 is 0 Å². The lowest BCUT2D eigenvalue weighted by Gasteiger charge is -2.23. The quantitative estimate of drug-likeness (QED) is 0.736. The summed E-state index contributed by atoms with van der Waals surface area (Å²) in [5.74, 6) is 0. The summed E-state index contributed by atoms with van der Waals surface area (Å²) in [5, 5.41) is 30.4. The lowest BCUT2D eigenvalue weighted by molar-refractivity contribution is 0.396. The Morgan fingerprint density at radius 1 is 1.29 bits per heavy atom. The molecule has 6 nitrogen and oxygen atoms in total. The van der Waals surface area contributed by atoms with E-state index in [1.54, 1.807) is 4.57 Å². The Bertz CT molecular complexity index is 583. The number of nitriles is 3. The zero-order chi connectivity index (χ0) is 15.7. The van der Waals surface area contributed by atoms with Crippen LogP contribution in [0.15, 0.2) is 6.33 Å². The van der Waals surface area contributed by atoms with E-state index in [1.165, 1.54) is 6.33 Å². The summed E-state index contributed by atoms with van der Waals surface area (Å²) in [5.41, 5.74) is -0.0190. The van der Waals surface area contributed by atoms with Gasteiger partial charge in [-0.1, -0.05) is 6.92 Å². The number of nitrogens with zero attached hydrogens (tertiary/aromatic N) is 5. The fourth-order valence-electron chi connectivity index (χ4n) is 2.10. The summed E-state index contributed by atoms with van der Waals surface area (Å²) in [6.45, 7) is 5.44. The molecule has 0 aliphatic carbocycles. The minimum atomic E-state index is -0.499. The number of hydrogen-bond acceptors (Lipinski definition) is 5. The first-order valence-electron chi connectivity index (χ1n) is 7.11. The molecule has 0 saturated carbocycles. The second-order valence-electron chi connectivity index (χ2n) is 5.19. The van der Waals surface area contributed by atoms with Crippen molar-refractivity contribution in [1.29, 1.82) is 15.8 Å². The molecular formula is C15H20N6. The molecule has 1 aromatic rings. The Morgan fingerprint density at radius 3 is 2.62 bits per heavy atom. The van der Waals surface area contributed by atoms with Gasteiger partial charge in [-0.15, -0.1) is 0 Å². The predicted molar refractivity (Wildman–Crippen MR) is 77.8 cm³/mol. The molecule has 21 heavy (non-hydrogen) atoms. The van der Waals surface area contributed by atoms with Crippen molar-refractivity contribution in [3.63, 3.8) is 0 Å². The van der Waals surface area contributed by atoms with Gasteiger partial charge in [-0.2, -0.15) is 15.8 Å². The third kappa shape index (κ3) is 4.60. The van der Waals surface area contributed by atoms with Crippen molar-refractivity contribution in [3.05, 3.63) is 17.7 Å². The van der Waals surface area contributed by atoms with Gasteiger partial charge in [0.2, 0.25) is 0 Å². The first kappa shape index (κ1) is 16.7. The predicted octanol–water partition coefficient (Wildman–Crippen LogP) is 2.08. The summed E-state index contributed by atoms with van der Waals surface area (Å²) < 4.78 is 1.70. The Hall–Kier alpha value is -2.36. The molecule has 0 amide bonds. The molecule has 6 heteroatoms. The van der Waals surface area contributed by atoms with Crippen molar-refractivity contribution in [2.75, 3.05) is 6.54 Å². The summed E-state index contributed by atoms with van der Waals surface area (Å²) in [4.78, 5) is 3.90. The largest absolute Gasteiger partial charge is 0.321 e. The van der Waals surface area contributed by atoms with Crippen molar-refractivity contribution < 1.29 is 0 Å². The topological polar surface area (TPSA) is 101 Å². The van der Waals surface area contributed by atoms with Crippen LogP contribution in [0.3, 0.4) is 0 Å². The van der Waals surface area contributed by atoms with Crippen LogP contribution in [0.1, 0.15) is 50.9 Å². The van der Waals surface area contributed by atoms with Crippen LogP contribution in [0, 0.1) is 34.0 Å². The van der Waals surface area contributed by atoms with Gasteiger partial charge in [-0.3, -0.25) is 5.32 Å². The number of unbranched alkanes of at least 4 members (excludes halogenated alkanes) is 1. The van der Waals surface area contributed by atoms with Crippen LogP contribution in [0.4, 0.5) is 0 Å². The number of rotatable bonds is 8. The fraction of sp³-hybridized carbons (Fsp3) is 0.600. The summed E-state index contributed by atoms with van der Waals surface area (Å²) in [6.07, 6.45) is 4.97. The first-order chi connectivity index (χ1) is 10.1. The van der Waals surface area contributed by atoms with Crippen molar-refractivity contribution in [1.82, 2.24) is 14.9 Å². The average molecular weight is 284 g/mol. The van der Waals surface area contributed by atoms with Crippen LogP contribution in [0.2, 0.25) is 0 Å².